The summed E-state index contributed by atoms with van der Waals surface area (Å²) in [6, 6.07) is 8.00. The number of morpholine rings is 1. The fraction of sp³-hybridized carbons (Fsp3) is 0.667. The molecule has 0 aromatic heterocycles. The van der Waals surface area contributed by atoms with E-state index >= 15 is 0 Å². The highest BCUT2D eigenvalue weighted by molar-refractivity contribution is 7.87. The van der Waals surface area contributed by atoms with Crippen LogP contribution in [0.25, 0.3) is 0 Å². The van der Waals surface area contributed by atoms with Crippen molar-refractivity contribution in [3.63, 3.8) is 0 Å². The van der Waals surface area contributed by atoms with Gasteiger partial charge in [-0.05, 0) is 29.9 Å². The van der Waals surface area contributed by atoms with Crippen molar-refractivity contribution in [2.24, 2.45) is 11.8 Å². The summed E-state index contributed by atoms with van der Waals surface area (Å²) in [5.74, 6) is 0.807. The minimum absolute atomic E-state index is 0.315. The molecule has 7 heteroatoms. The molecule has 1 aromatic rings. The molecule has 2 aliphatic heterocycles. The Kier molecular flexibility index (Phi) is 5.99. The number of piperidine rings is 1. The van der Waals surface area contributed by atoms with Gasteiger partial charge in [-0.25, -0.2) is 0 Å². The molecule has 1 aromatic carbocycles. The predicted molar refractivity (Wildman–Crippen MR) is 99.8 cm³/mol. The van der Waals surface area contributed by atoms with Crippen molar-refractivity contribution in [2.75, 3.05) is 44.3 Å². The predicted octanol–water partition coefficient (Wildman–Crippen LogP) is 1.84. The first kappa shape index (κ1) is 18.6. The Balaban J connectivity index is 1.68. The quantitative estimate of drug-likeness (QED) is 0.863. The van der Waals surface area contributed by atoms with Gasteiger partial charge in [0.2, 0.25) is 0 Å². The molecular formula is C18H29N3O3S. The van der Waals surface area contributed by atoms with Gasteiger partial charge >= 0.3 is 0 Å². The Hall–Kier alpha value is -1.15. The van der Waals surface area contributed by atoms with Gasteiger partial charge in [0.25, 0.3) is 10.2 Å². The smallest absolute Gasteiger partial charge is 0.279 e. The van der Waals surface area contributed by atoms with E-state index in [9.17, 15) is 8.42 Å². The number of nitrogens with zero attached hydrogens (tertiary/aromatic N) is 2. The number of nitrogens with one attached hydrogen (secondary N) is 1. The molecule has 0 aliphatic carbocycles. The Morgan fingerprint density at radius 1 is 1.12 bits per heavy atom. The molecule has 2 aliphatic rings. The molecule has 0 saturated carbocycles. The number of ether oxygens (including phenoxy) is 1. The third-order valence-electron chi connectivity index (χ3n) is 4.96. The summed E-state index contributed by atoms with van der Waals surface area (Å²) in [7, 11) is -3.45. The topological polar surface area (TPSA) is 61.9 Å². The van der Waals surface area contributed by atoms with Crippen LogP contribution in [0.3, 0.4) is 0 Å². The van der Waals surface area contributed by atoms with Crippen molar-refractivity contribution in [1.29, 1.82) is 0 Å². The second kappa shape index (κ2) is 8.03. The number of hydrogen-bond donors (Lipinski definition) is 1. The zero-order valence-corrected chi connectivity index (χ0v) is 16.0. The molecule has 2 fully saturated rings. The number of anilines is 1. The van der Waals surface area contributed by atoms with Gasteiger partial charge in [0, 0.05) is 38.4 Å². The molecule has 0 spiro atoms. The maximum atomic E-state index is 12.7. The minimum atomic E-state index is -3.45. The lowest BCUT2D eigenvalue weighted by molar-refractivity contribution is 0.122. The third kappa shape index (κ3) is 4.73. The fourth-order valence-electron chi connectivity index (χ4n) is 3.84. The second-order valence-corrected chi connectivity index (χ2v) is 9.07. The average molecular weight is 368 g/mol. The van der Waals surface area contributed by atoms with E-state index in [0.717, 1.165) is 30.8 Å². The van der Waals surface area contributed by atoms with Crippen LogP contribution in [0.5, 0.6) is 0 Å². The van der Waals surface area contributed by atoms with Gasteiger partial charge in [0.1, 0.15) is 0 Å². The molecule has 2 atom stereocenters. The highest BCUT2D eigenvalue weighted by Crippen LogP contribution is 2.24. The average Bonchev–Trinajstić information content (AvgIpc) is 2.60. The number of benzene rings is 1. The molecule has 3 rings (SSSR count). The van der Waals surface area contributed by atoms with E-state index in [1.165, 1.54) is 0 Å². The molecular weight excluding hydrogens is 338 g/mol. The van der Waals surface area contributed by atoms with Crippen LogP contribution in [0.1, 0.15) is 25.8 Å². The molecule has 2 heterocycles. The highest BCUT2D eigenvalue weighted by Gasteiger charge is 2.30. The largest absolute Gasteiger partial charge is 0.378 e. The Labute approximate surface area is 151 Å². The Morgan fingerprint density at radius 3 is 2.44 bits per heavy atom. The summed E-state index contributed by atoms with van der Waals surface area (Å²) in [6.45, 7) is 8.85. The van der Waals surface area contributed by atoms with Crippen molar-refractivity contribution in [1.82, 2.24) is 9.03 Å². The number of rotatable bonds is 5. The van der Waals surface area contributed by atoms with E-state index in [4.69, 9.17) is 4.74 Å². The lowest BCUT2D eigenvalue weighted by Crippen LogP contribution is -2.47. The lowest BCUT2D eigenvalue weighted by Gasteiger charge is -2.34. The van der Waals surface area contributed by atoms with Crippen molar-refractivity contribution in [2.45, 2.75) is 26.8 Å². The van der Waals surface area contributed by atoms with Crippen LogP contribution < -0.4 is 9.62 Å². The summed E-state index contributed by atoms with van der Waals surface area (Å²) in [5.41, 5.74) is 2.10. The summed E-state index contributed by atoms with van der Waals surface area (Å²) < 4.78 is 35.3. The third-order valence-corrected chi connectivity index (χ3v) is 6.45. The normalized spacial score (nSPS) is 25.9. The second-order valence-electron chi connectivity index (χ2n) is 7.32. The monoisotopic (exact) mass is 367 g/mol. The molecule has 0 radical (unpaired) electrons. The van der Waals surface area contributed by atoms with Crippen LogP contribution >= 0.6 is 0 Å². The summed E-state index contributed by atoms with van der Waals surface area (Å²) in [6.07, 6.45) is 1.09. The maximum absolute atomic E-state index is 12.7. The molecule has 0 amide bonds. The van der Waals surface area contributed by atoms with Crippen LogP contribution in [0.2, 0.25) is 0 Å². The van der Waals surface area contributed by atoms with Crippen LogP contribution in [0.15, 0.2) is 24.3 Å². The van der Waals surface area contributed by atoms with Crippen molar-refractivity contribution in [3.05, 3.63) is 29.8 Å². The number of para-hydroxylation sites is 1. The van der Waals surface area contributed by atoms with Crippen LogP contribution in [-0.2, 0) is 21.5 Å². The van der Waals surface area contributed by atoms with Gasteiger partial charge < -0.3 is 9.64 Å². The molecule has 25 heavy (non-hydrogen) atoms. The van der Waals surface area contributed by atoms with Gasteiger partial charge in [-0.1, -0.05) is 32.0 Å². The molecule has 2 saturated heterocycles. The first-order valence-electron chi connectivity index (χ1n) is 9.11. The van der Waals surface area contributed by atoms with Crippen molar-refractivity contribution < 1.29 is 13.2 Å². The van der Waals surface area contributed by atoms with E-state index in [-0.39, 0.29) is 0 Å². The lowest BCUT2D eigenvalue weighted by atomic mass is 9.94. The summed E-state index contributed by atoms with van der Waals surface area (Å²) >= 11 is 0. The van der Waals surface area contributed by atoms with E-state index in [0.29, 0.717) is 44.7 Å². The van der Waals surface area contributed by atoms with Crippen LogP contribution in [0, 0.1) is 11.8 Å². The minimum Gasteiger partial charge on any atom is -0.378 e. The molecule has 0 bridgehead atoms. The summed E-state index contributed by atoms with van der Waals surface area (Å²) in [4.78, 5) is 2.26. The first-order chi connectivity index (χ1) is 12.0. The van der Waals surface area contributed by atoms with Crippen molar-refractivity contribution in [3.8, 4) is 0 Å². The van der Waals surface area contributed by atoms with Crippen LogP contribution in [0.4, 0.5) is 5.69 Å². The van der Waals surface area contributed by atoms with Gasteiger partial charge in [-0.15, -0.1) is 0 Å². The highest BCUT2D eigenvalue weighted by atomic mass is 32.2. The molecule has 0 unspecified atom stereocenters. The van der Waals surface area contributed by atoms with Crippen molar-refractivity contribution >= 4 is 15.9 Å². The molecule has 1 N–H and O–H groups in total. The van der Waals surface area contributed by atoms with E-state index in [1.807, 2.05) is 18.2 Å². The zero-order valence-electron chi connectivity index (χ0n) is 15.1. The molecule has 140 valence electrons. The van der Waals surface area contributed by atoms with Gasteiger partial charge in [-0.2, -0.15) is 17.4 Å². The first-order valence-corrected chi connectivity index (χ1v) is 10.5. The van der Waals surface area contributed by atoms with E-state index in [1.54, 1.807) is 4.31 Å². The van der Waals surface area contributed by atoms with E-state index in [2.05, 4.69) is 29.5 Å². The van der Waals surface area contributed by atoms with Gasteiger partial charge in [-0.3, -0.25) is 0 Å². The number of hydrogen-bond acceptors (Lipinski definition) is 4. The van der Waals surface area contributed by atoms with Gasteiger partial charge in [0.05, 0.1) is 13.2 Å². The fourth-order valence-corrected chi connectivity index (χ4v) is 5.26. The molecule has 6 nitrogen and oxygen atoms in total. The Morgan fingerprint density at radius 2 is 1.76 bits per heavy atom. The standard InChI is InChI=1S/C18H29N3O3S/c1-15-11-16(2)14-21(13-15)25(22,23)19-12-17-5-3-4-6-18(17)20-7-9-24-10-8-20/h3-6,15-16,19H,7-14H2,1-2H3/t15-,16+. The summed E-state index contributed by atoms with van der Waals surface area (Å²) in [5, 5.41) is 0. The maximum Gasteiger partial charge on any atom is 0.279 e. The van der Waals surface area contributed by atoms with Crippen LogP contribution in [-0.4, -0.2) is 52.1 Å². The zero-order chi connectivity index (χ0) is 17.9. The van der Waals surface area contributed by atoms with E-state index < -0.39 is 10.2 Å². The SMILES string of the molecule is C[C@@H]1C[C@H](C)CN(S(=O)(=O)NCc2ccccc2N2CCOCC2)C1. The van der Waals surface area contributed by atoms with Gasteiger partial charge in [0.15, 0.2) is 0 Å². The Bertz CT molecular complexity index is 664.